The fourth-order valence-electron chi connectivity index (χ4n) is 16.3. The van der Waals surface area contributed by atoms with Gasteiger partial charge in [-0.25, -0.2) is 39.9 Å². The van der Waals surface area contributed by atoms with Crippen molar-refractivity contribution in [3.63, 3.8) is 0 Å². The first-order valence-corrected chi connectivity index (χ1v) is 40.5. The number of hydrogen-bond donors (Lipinski definition) is 0. The van der Waals surface area contributed by atoms with E-state index in [0.29, 0.717) is 34.9 Å². The van der Waals surface area contributed by atoms with Crippen molar-refractivity contribution in [2.24, 2.45) is 0 Å². The highest BCUT2D eigenvalue weighted by atomic mass is 32.1. The molecule has 0 amide bonds. The fourth-order valence-corrected chi connectivity index (χ4v) is 17.6. The molecule has 23 aromatic rings. The number of pyridine rings is 2. The van der Waals surface area contributed by atoms with E-state index < -0.39 is 0 Å². The summed E-state index contributed by atoms with van der Waals surface area (Å²) in [5.74, 6) is 3.62. The van der Waals surface area contributed by atoms with Gasteiger partial charge < -0.3 is 8.83 Å². The van der Waals surface area contributed by atoms with Crippen molar-refractivity contribution in [1.29, 1.82) is 0 Å². The highest BCUT2D eigenvalue weighted by Gasteiger charge is 2.24. The number of aromatic nitrogens is 8. The number of nitrogens with zero attached hydrogens (tertiary/aromatic N) is 8. The molecule has 7 heterocycles. The van der Waals surface area contributed by atoms with Gasteiger partial charge in [-0.1, -0.05) is 364 Å². The molecule has 119 heavy (non-hydrogen) atoms. The van der Waals surface area contributed by atoms with Crippen LogP contribution >= 0.6 is 11.3 Å². The Balaban J connectivity index is 0.000000143. The number of benzene rings is 16. The Labute approximate surface area is 688 Å². The van der Waals surface area contributed by atoms with Crippen LogP contribution in [0.3, 0.4) is 0 Å². The van der Waals surface area contributed by atoms with Crippen LogP contribution in [-0.4, -0.2) is 39.9 Å². The molecule has 0 aliphatic carbocycles. The predicted molar refractivity (Wildman–Crippen MR) is 488 cm³/mol. The lowest BCUT2D eigenvalue weighted by Gasteiger charge is -2.11. The zero-order chi connectivity index (χ0) is 78.7. The average Bonchev–Trinajstić information content (AvgIpc) is 1.61. The van der Waals surface area contributed by atoms with Crippen LogP contribution in [0.15, 0.2) is 409 Å². The van der Waals surface area contributed by atoms with E-state index in [0.717, 1.165) is 161 Å². The van der Waals surface area contributed by atoms with Gasteiger partial charge in [0, 0.05) is 97.0 Å². The van der Waals surface area contributed by atoms with Crippen molar-refractivity contribution >= 4 is 97.2 Å². The summed E-state index contributed by atoms with van der Waals surface area (Å²) in [6.45, 7) is 0. The molecule has 0 spiro atoms. The molecule has 10 nitrogen and oxygen atoms in total. The van der Waals surface area contributed by atoms with Gasteiger partial charge in [0.25, 0.3) is 0 Å². The van der Waals surface area contributed by atoms with Crippen LogP contribution in [0.1, 0.15) is 0 Å². The molecule has 0 N–H and O–H groups in total. The maximum absolute atomic E-state index is 6.69. The Morgan fingerprint density at radius 2 is 0.487 bits per heavy atom. The molecule has 0 bridgehead atoms. The average molecular weight is 1540 g/mol. The van der Waals surface area contributed by atoms with Crippen molar-refractivity contribution in [3.05, 3.63) is 400 Å². The minimum Gasteiger partial charge on any atom is -0.454 e. The van der Waals surface area contributed by atoms with E-state index in [1.165, 1.54) is 36.9 Å². The number of hydrogen-bond acceptors (Lipinski definition) is 11. The smallest absolute Gasteiger partial charge is 0.164 e. The topological polar surface area (TPSA) is 129 Å². The highest BCUT2D eigenvalue weighted by molar-refractivity contribution is 7.26. The Bertz CT molecular complexity index is 7800. The Kier molecular flexibility index (Phi) is 17.5. The van der Waals surface area contributed by atoms with E-state index in [4.69, 9.17) is 48.7 Å². The van der Waals surface area contributed by atoms with Crippen LogP contribution in [0.2, 0.25) is 0 Å². The standard InChI is InChI=1S/C54H32N4OS.C54H34N4O/c1-3-13-33(14-4-1)34-25-27-36(28-26-34)53-56-52(35-15-5-2-6-16-35)57-54(58-53)39-18-11-17-38(31-39)49-50-48(44-20-7-9-23-46(44)59-50)43-30-29-37(32-45(43)55-49)40-21-12-22-42-41-19-8-10-24-47(41)60-51(40)42;1-4-12-35(13-5-1)37-20-22-39(23-21-37)44-32-33-45-47(34-44)55-50(51-49(45)46-18-10-11-19-48(46)59-51)40-26-30-43(31-27-40)54-57-52(41-16-8-3-9-17-41)56-53(58-54)42-28-24-38(25-29-42)36-14-6-2-7-15-36/h1-32H;1-34H. The summed E-state index contributed by atoms with van der Waals surface area (Å²) in [5.41, 5.74) is 25.3. The molecule has 0 unspecified atom stereocenters. The lowest BCUT2D eigenvalue weighted by atomic mass is 9.97. The zero-order valence-corrected chi connectivity index (χ0v) is 64.7. The third-order valence-electron chi connectivity index (χ3n) is 22.3. The van der Waals surface area contributed by atoms with E-state index in [2.05, 4.69) is 291 Å². The second-order valence-electron chi connectivity index (χ2n) is 29.6. The van der Waals surface area contributed by atoms with E-state index >= 15 is 0 Å². The maximum atomic E-state index is 6.69. The first-order chi connectivity index (χ1) is 58.9. The monoisotopic (exact) mass is 1540 g/mol. The van der Waals surface area contributed by atoms with Gasteiger partial charge in [-0.05, 0) is 92.0 Å². The molecule has 23 rings (SSSR count). The number of rotatable bonds is 13. The number of fused-ring (bicyclic) bond motifs is 13. The fraction of sp³-hybridized carbons (Fsp3) is 0. The SMILES string of the molecule is c1ccc(-c2ccc(-c3ccc4c(c3)nc(-c3ccc(-c5nc(-c6ccccc6)nc(-c6ccc(-c7ccccc7)cc6)n5)cc3)c3oc5ccccc5c34)cc2)cc1.c1ccc(-c2ccc(-c3nc(-c4ccccc4)nc(-c4cccc(-c5nc6cc(-c7cccc8c7sc7ccccc78)ccc6c6c5oc5ccccc56)c4)n3)cc2)cc1. The molecule has 0 saturated carbocycles. The molecule has 0 saturated heterocycles. The molecular weight excluding hydrogens is 1470 g/mol. The van der Waals surface area contributed by atoms with Crippen molar-refractivity contribution < 1.29 is 8.83 Å². The van der Waals surface area contributed by atoms with E-state index in [9.17, 15) is 0 Å². The number of para-hydroxylation sites is 2. The normalized spacial score (nSPS) is 11.5. The summed E-state index contributed by atoms with van der Waals surface area (Å²) in [5, 5.41) is 8.90. The van der Waals surface area contributed by atoms with Crippen LogP contribution < -0.4 is 0 Å². The zero-order valence-electron chi connectivity index (χ0n) is 63.9. The first-order valence-electron chi connectivity index (χ1n) is 39.7. The third-order valence-corrected chi connectivity index (χ3v) is 23.5. The molecule has 16 aromatic carbocycles. The summed E-state index contributed by atoms with van der Waals surface area (Å²) in [6, 6.07) is 138. The summed E-state index contributed by atoms with van der Waals surface area (Å²) >= 11 is 1.84. The van der Waals surface area contributed by atoms with Gasteiger partial charge >= 0.3 is 0 Å². The van der Waals surface area contributed by atoms with Crippen molar-refractivity contribution in [2.45, 2.75) is 0 Å². The molecule has 0 radical (unpaired) electrons. The summed E-state index contributed by atoms with van der Waals surface area (Å²) in [6.07, 6.45) is 0. The molecular formula is C108H66N8O2S. The van der Waals surface area contributed by atoms with Gasteiger partial charge in [-0.15, -0.1) is 11.3 Å². The van der Waals surface area contributed by atoms with Crippen LogP contribution in [0.4, 0.5) is 0 Å². The molecule has 0 aliphatic heterocycles. The Hall–Kier alpha value is -15.8. The van der Waals surface area contributed by atoms with Crippen LogP contribution in [0.5, 0.6) is 0 Å². The molecule has 11 heteroatoms. The predicted octanol–water partition coefficient (Wildman–Crippen LogP) is 28.7. The second-order valence-corrected chi connectivity index (χ2v) is 30.7. The lowest BCUT2D eigenvalue weighted by Crippen LogP contribution is -2.00. The summed E-state index contributed by atoms with van der Waals surface area (Å²) in [7, 11) is 0. The Morgan fingerprint density at radius 1 is 0.185 bits per heavy atom. The highest BCUT2D eigenvalue weighted by Crippen LogP contribution is 2.46. The molecule has 556 valence electrons. The van der Waals surface area contributed by atoms with Gasteiger partial charge in [-0.3, -0.25) is 0 Å². The van der Waals surface area contributed by atoms with Crippen molar-refractivity contribution in [1.82, 2.24) is 39.9 Å². The van der Waals surface area contributed by atoms with E-state index in [-0.39, 0.29) is 0 Å². The molecule has 0 atom stereocenters. The van der Waals surface area contributed by atoms with Gasteiger partial charge in [0.15, 0.2) is 46.1 Å². The van der Waals surface area contributed by atoms with Crippen LogP contribution in [0.25, 0.3) is 232 Å². The van der Waals surface area contributed by atoms with E-state index in [1.54, 1.807) is 0 Å². The Morgan fingerprint density at radius 3 is 0.950 bits per heavy atom. The van der Waals surface area contributed by atoms with Crippen molar-refractivity contribution in [3.8, 4) is 146 Å². The largest absolute Gasteiger partial charge is 0.454 e. The molecule has 7 aromatic heterocycles. The van der Waals surface area contributed by atoms with Gasteiger partial charge in [-0.2, -0.15) is 0 Å². The second kappa shape index (κ2) is 29.9. The lowest BCUT2D eigenvalue weighted by molar-refractivity contribution is 0.668. The first kappa shape index (κ1) is 69.9. The number of thiophene rings is 1. The number of furan rings is 2. The quantitative estimate of drug-likeness (QED) is 0.110. The minimum atomic E-state index is 0.577. The summed E-state index contributed by atoms with van der Waals surface area (Å²) < 4.78 is 15.9. The van der Waals surface area contributed by atoms with Gasteiger partial charge in [0.1, 0.15) is 22.6 Å². The molecule has 0 aliphatic rings. The van der Waals surface area contributed by atoms with Gasteiger partial charge in [0.2, 0.25) is 0 Å². The maximum Gasteiger partial charge on any atom is 0.164 e. The van der Waals surface area contributed by atoms with Crippen LogP contribution in [0, 0.1) is 0 Å². The third kappa shape index (κ3) is 13.2. The van der Waals surface area contributed by atoms with Crippen molar-refractivity contribution in [2.75, 3.05) is 0 Å². The van der Waals surface area contributed by atoms with Crippen LogP contribution in [-0.2, 0) is 0 Å². The molecule has 0 fully saturated rings. The van der Waals surface area contributed by atoms with Gasteiger partial charge in [0.05, 0.1) is 11.0 Å². The minimum absolute atomic E-state index is 0.577. The summed E-state index contributed by atoms with van der Waals surface area (Å²) in [4.78, 5) is 40.9. The van der Waals surface area contributed by atoms with E-state index in [1.807, 2.05) is 121 Å².